The van der Waals surface area contributed by atoms with Crippen molar-refractivity contribution in [2.24, 2.45) is 5.73 Å². The van der Waals surface area contributed by atoms with Gasteiger partial charge in [-0.2, -0.15) is 0 Å². The smallest absolute Gasteiger partial charge is 0.246 e. The van der Waals surface area contributed by atoms with Crippen molar-refractivity contribution in [3.63, 3.8) is 0 Å². The number of rotatable bonds is 5. The maximum absolute atomic E-state index is 11.9. The van der Waals surface area contributed by atoms with Gasteiger partial charge in [-0.3, -0.25) is 4.79 Å². The maximum Gasteiger partial charge on any atom is 0.246 e. The highest BCUT2D eigenvalue weighted by Crippen LogP contribution is 2.22. The molecular weight excluding hydrogens is 244 g/mol. The van der Waals surface area contributed by atoms with E-state index < -0.39 is 5.60 Å². The molecule has 1 amide bonds. The first-order valence-corrected chi connectivity index (χ1v) is 7.45. The molecule has 0 aromatic rings. The Hall–Kier alpha value is -0.650. The molecule has 0 aromatic heterocycles. The molecule has 1 aliphatic carbocycles. The molecule has 3 N–H and O–H groups in total. The highest BCUT2D eigenvalue weighted by atomic mass is 16.5. The van der Waals surface area contributed by atoms with E-state index in [1.807, 2.05) is 0 Å². The number of carbonyl (C=O) groups excluding carboxylic acids is 1. The van der Waals surface area contributed by atoms with E-state index in [0.717, 1.165) is 32.3 Å². The Balaban J connectivity index is 1.72. The zero-order valence-corrected chi connectivity index (χ0v) is 11.7. The van der Waals surface area contributed by atoms with Crippen LogP contribution in [0.15, 0.2) is 0 Å². The number of carbonyl (C=O) groups is 1. The lowest BCUT2D eigenvalue weighted by Crippen LogP contribution is -2.50. The van der Waals surface area contributed by atoms with Crippen LogP contribution in [0.4, 0.5) is 0 Å². The lowest BCUT2D eigenvalue weighted by atomic mass is 9.95. The second kappa shape index (κ2) is 7.22. The van der Waals surface area contributed by atoms with Gasteiger partial charge in [0.25, 0.3) is 0 Å². The van der Waals surface area contributed by atoms with Crippen molar-refractivity contribution in [3.8, 4) is 0 Å². The van der Waals surface area contributed by atoms with Gasteiger partial charge >= 0.3 is 0 Å². The van der Waals surface area contributed by atoms with Crippen LogP contribution in [0.2, 0.25) is 0 Å². The van der Waals surface area contributed by atoms with Gasteiger partial charge in [0, 0.05) is 19.2 Å². The predicted octanol–water partition coefficient (Wildman–Crippen LogP) is 0.960. The number of hydrogen-bond donors (Lipinski definition) is 2. The number of ether oxygens (including phenoxy) is 2. The van der Waals surface area contributed by atoms with Gasteiger partial charge in [0.1, 0.15) is 12.2 Å². The maximum atomic E-state index is 11.9. The van der Waals surface area contributed by atoms with Crippen LogP contribution in [0.5, 0.6) is 0 Å². The van der Waals surface area contributed by atoms with Crippen molar-refractivity contribution in [1.82, 2.24) is 5.32 Å². The van der Waals surface area contributed by atoms with Gasteiger partial charge in [-0.1, -0.05) is 19.3 Å². The summed E-state index contributed by atoms with van der Waals surface area (Å²) in [6, 6.07) is 0.335. The van der Waals surface area contributed by atoms with Crippen LogP contribution in [0, 0.1) is 0 Å². The lowest BCUT2D eigenvalue weighted by molar-refractivity contribution is -0.147. The molecule has 110 valence electrons. The van der Waals surface area contributed by atoms with E-state index in [2.05, 4.69) is 5.32 Å². The Kier molecular flexibility index (Phi) is 5.60. The molecule has 0 spiro atoms. The van der Waals surface area contributed by atoms with E-state index in [0.29, 0.717) is 19.2 Å². The summed E-state index contributed by atoms with van der Waals surface area (Å²) in [4.78, 5) is 11.9. The van der Waals surface area contributed by atoms with Crippen LogP contribution in [-0.4, -0.2) is 43.9 Å². The quantitative estimate of drug-likeness (QED) is 0.780. The molecule has 2 rings (SSSR count). The minimum atomic E-state index is -0.456. The first-order chi connectivity index (χ1) is 9.24. The summed E-state index contributed by atoms with van der Waals surface area (Å²) in [5, 5.41) is 3.05. The van der Waals surface area contributed by atoms with Crippen molar-refractivity contribution in [2.75, 3.05) is 26.4 Å². The van der Waals surface area contributed by atoms with Crippen LogP contribution in [0.3, 0.4) is 0 Å². The van der Waals surface area contributed by atoms with E-state index in [1.165, 1.54) is 19.3 Å². The summed E-state index contributed by atoms with van der Waals surface area (Å²) in [5.74, 6) is -0.0229. The minimum absolute atomic E-state index is 0.0229. The molecule has 1 aliphatic heterocycles. The number of hydrogen-bond acceptors (Lipinski definition) is 4. The van der Waals surface area contributed by atoms with Gasteiger partial charge in [-0.05, 0) is 25.7 Å². The molecule has 0 aromatic carbocycles. The number of amides is 1. The van der Waals surface area contributed by atoms with Gasteiger partial charge in [0.2, 0.25) is 5.91 Å². The second-order valence-corrected chi connectivity index (χ2v) is 5.73. The van der Waals surface area contributed by atoms with Crippen LogP contribution >= 0.6 is 0 Å². The zero-order chi connectivity index (χ0) is 13.6. The molecule has 5 nitrogen and oxygen atoms in total. The summed E-state index contributed by atoms with van der Waals surface area (Å²) in [5.41, 5.74) is 5.32. The van der Waals surface area contributed by atoms with Crippen LogP contribution in [0.25, 0.3) is 0 Å². The Morgan fingerprint density at radius 3 is 2.74 bits per heavy atom. The third-order valence-electron chi connectivity index (χ3n) is 4.14. The standard InChI is InChI=1S/C14H26N2O3/c15-10-14(7-4-8-18-11-14)19-9-13(17)16-12-5-2-1-3-6-12/h12H,1-11,15H2,(H,16,17). The predicted molar refractivity (Wildman–Crippen MR) is 72.8 cm³/mol. The zero-order valence-electron chi connectivity index (χ0n) is 11.7. The molecule has 1 heterocycles. The Labute approximate surface area is 115 Å². The molecule has 0 bridgehead atoms. The number of nitrogens with two attached hydrogens (primary N) is 1. The lowest BCUT2D eigenvalue weighted by Gasteiger charge is -2.35. The molecule has 5 heteroatoms. The number of nitrogens with one attached hydrogen (secondary N) is 1. The largest absolute Gasteiger partial charge is 0.378 e. The highest BCUT2D eigenvalue weighted by Gasteiger charge is 2.33. The Bertz CT molecular complexity index is 284. The van der Waals surface area contributed by atoms with Gasteiger partial charge in [-0.15, -0.1) is 0 Å². The molecule has 1 unspecified atom stereocenters. The molecule has 1 atom stereocenters. The van der Waals surface area contributed by atoms with E-state index in [9.17, 15) is 4.79 Å². The van der Waals surface area contributed by atoms with E-state index >= 15 is 0 Å². The third-order valence-corrected chi connectivity index (χ3v) is 4.14. The van der Waals surface area contributed by atoms with Crippen LogP contribution in [-0.2, 0) is 14.3 Å². The molecule has 0 radical (unpaired) electrons. The summed E-state index contributed by atoms with van der Waals surface area (Å²) in [6.45, 7) is 1.76. The average molecular weight is 270 g/mol. The third kappa shape index (κ3) is 4.44. The molecule has 1 saturated carbocycles. The van der Waals surface area contributed by atoms with Crippen molar-refractivity contribution < 1.29 is 14.3 Å². The van der Waals surface area contributed by atoms with Crippen molar-refractivity contribution in [2.45, 2.75) is 56.6 Å². The van der Waals surface area contributed by atoms with Crippen molar-refractivity contribution in [3.05, 3.63) is 0 Å². The summed E-state index contributed by atoms with van der Waals surface area (Å²) >= 11 is 0. The molecule has 19 heavy (non-hydrogen) atoms. The van der Waals surface area contributed by atoms with Crippen LogP contribution < -0.4 is 11.1 Å². The van der Waals surface area contributed by atoms with Crippen molar-refractivity contribution in [1.29, 1.82) is 0 Å². The van der Waals surface area contributed by atoms with E-state index in [1.54, 1.807) is 0 Å². The molecular formula is C14H26N2O3. The summed E-state index contributed by atoms with van der Waals surface area (Å²) in [6.07, 6.45) is 7.73. The van der Waals surface area contributed by atoms with Gasteiger partial charge in [0.05, 0.1) is 6.61 Å². The fourth-order valence-electron chi connectivity index (χ4n) is 2.90. The monoisotopic (exact) mass is 270 g/mol. The van der Waals surface area contributed by atoms with Gasteiger partial charge in [-0.25, -0.2) is 0 Å². The fraction of sp³-hybridized carbons (Fsp3) is 0.929. The Morgan fingerprint density at radius 1 is 1.32 bits per heavy atom. The topological polar surface area (TPSA) is 73.6 Å². The normalized spacial score (nSPS) is 29.1. The molecule has 2 fully saturated rings. The molecule has 1 saturated heterocycles. The average Bonchev–Trinajstić information content (AvgIpc) is 2.47. The SMILES string of the molecule is NCC1(OCC(=O)NC2CCCCC2)CCCOC1. The summed E-state index contributed by atoms with van der Waals surface area (Å²) in [7, 11) is 0. The molecule has 2 aliphatic rings. The second-order valence-electron chi connectivity index (χ2n) is 5.73. The minimum Gasteiger partial charge on any atom is -0.378 e. The Morgan fingerprint density at radius 2 is 2.11 bits per heavy atom. The van der Waals surface area contributed by atoms with Crippen molar-refractivity contribution >= 4 is 5.91 Å². The van der Waals surface area contributed by atoms with E-state index in [4.69, 9.17) is 15.2 Å². The fourth-order valence-corrected chi connectivity index (χ4v) is 2.90. The van der Waals surface area contributed by atoms with Gasteiger partial charge in [0.15, 0.2) is 0 Å². The summed E-state index contributed by atoms with van der Waals surface area (Å²) < 4.78 is 11.2. The first-order valence-electron chi connectivity index (χ1n) is 7.45. The highest BCUT2D eigenvalue weighted by molar-refractivity contribution is 5.77. The first kappa shape index (κ1) is 14.8. The van der Waals surface area contributed by atoms with Gasteiger partial charge < -0.3 is 20.5 Å². The van der Waals surface area contributed by atoms with Crippen LogP contribution in [0.1, 0.15) is 44.9 Å². The van der Waals surface area contributed by atoms with E-state index in [-0.39, 0.29) is 12.5 Å².